The van der Waals surface area contributed by atoms with E-state index in [2.05, 4.69) is 0 Å². The van der Waals surface area contributed by atoms with E-state index in [0.29, 0.717) is 5.02 Å². The molecule has 2 aromatic rings. The first kappa shape index (κ1) is 13.1. The first-order chi connectivity index (χ1) is 8.56. The smallest absolute Gasteiger partial charge is 0.305 e. The zero-order chi connectivity index (χ0) is 13.1. The normalized spacial score (nSPS) is 12.3. The van der Waals surface area contributed by atoms with Crippen LogP contribution in [-0.4, -0.2) is 11.1 Å². The molecule has 94 valence electrons. The molecule has 1 aromatic heterocycles. The highest BCUT2D eigenvalue weighted by Crippen LogP contribution is 2.30. The molecule has 0 aliphatic heterocycles. The third kappa shape index (κ3) is 3.10. The van der Waals surface area contributed by atoms with Crippen LogP contribution in [-0.2, 0) is 4.79 Å². The summed E-state index contributed by atoms with van der Waals surface area (Å²) in [5.41, 5.74) is 7.84. The summed E-state index contributed by atoms with van der Waals surface area (Å²) in [6.07, 6.45) is -0.0600. The number of carboxylic acid groups (broad SMARTS) is 1. The van der Waals surface area contributed by atoms with E-state index >= 15 is 0 Å². The van der Waals surface area contributed by atoms with Crippen molar-refractivity contribution < 1.29 is 9.90 Å². The molecule has 3 nitrogen and oxygen atoms in total. The van der Waals surface area contributed by atoms with Crippen molar-refractivity contribution in [2.45, 2.75) is 12.5 Å². The van der Waals surface area contributed by atoms with Gasteiger partial charge in [-0.2, -0.15) is 0 Å². The Balaban J connectivity index is 2.22. The molecule has 2 rings (SSSR count). The van der Waals surface area contributed by atoms with Gasteiger partial charge in [0.15, 0.2) is 0 Å². The number of hydrogen-bond donors (Lipinski definition) is 2. The number of carbonyl (C=O) groups is 1. The van der Waals surface area contributed by atoms with E-state index in [0.717, 1.165) is 16.0 Å². The van der Waals surface area contributed by atoms with Gasteiger partial charge in [-0.1, -0.05) is 23.7 Å². The highest BCUT2D eigenvalue weighted by Gasteiger charge is 2.13. The number of aliphatic carboxylic acids is 1. The average molecular weight is 282 g/mol. The molecule has 1 unspecified atom stereocenters. The lowest BCUT2D eigenvalue weighted by atomic mass is 10.1. The van der Waals surface area contributed by atoms with Gasteiger partial charge in [-0.05, 0) is 34.7 Å². The SMILES string of the molecule is NC(CC(=O)O)c1cc(-c2cccc(Cl)c2)cs1. The van der Waals surface area contributed by atoms with Crippen LogP contribution in [0.4, 0.5) is 0 Å². The molecule has 1 atom stereocenters. The van der Waals surface area contributed by atoms with Crippen molar-refractivity contribution in [2.24, 2.45) is 5.73 Å². The highest BCUT2D eigenvalue weighted by atomic mass is 35.5. The molecule has 5 heteroatoms. The Morgan fingerprint density at radius 1 is 1.39 bits per heavy atom. The Morgan fingerprint density at radius 3 is 2.83 bits per heavy atom. The summed E-state index contributed by atoms with van der Waals surface area (Å²) < 4.78 is 0. The van der Waals surface area contributed by atoms with Crippen LogP contribution in [0.3, 0.4) is 0 Å². The Hall–Kier alpha value is -1.36. The van der Waals surface area contributed by atoms with Crippen molar-refractivity contribution in [1.82, 2.24) is 0 Å². The standard InChI is InChI=1S/C13H12ClNO2S/c14-10-3-1-2-8(4-10)9-5-12(18-7-9)11(15)6-13(16)17/h1-5,7,11H,6,15H2,(H,16,17). The van der Waals surface area contributed by atoms with E-state index in [4.69, 9.17) is 22.4 Å². The Morgan fingerprint density at radius 2 is 2.17 bits per heavy atom. The summed E-state index contributed by atoms with van der Waals surface area (Å²) in [6.45, 7) is 0. The summed E-state index contributed by atoms with van der Waals surface area (Å²) >= 11 is 7.40. The summed E-state index contributed by atoms with van der Waals surface area (Å²) in [6, 6.07) is 8.99. The van der Waals surface area contributed by atoms with Gasteiger partial charge in [0.1, 0.15) is 0 Å². The fourth-order valence-corrected chi connectivity index (χ4v) is 2.77. The third-order valence-corrected chi connectivity index (χ3v) is 3.84. The van der Waals surface area contributed by atoms with Gasteiger partial charge in [-0.25, -0.2) is 0 Å². The summed E-state index contributed by atoms with van der Waals surface area (Å²) in [7, 11) is 0. The zero-order valence-electron chi connectivity index (χ0n) is 9.47. The van der Waals surface area contributed by atoms with E-state index < -0.39 is 12.0 Å². The molecule has 0 amide bonds. The van der Waals surface area contributed by atoms with E-state index in [1.54, 1.807) is 0 Å². The quantitative estimate of drug-likeness (QED) is 0.901. The Labute approximate surface area is 114 Å². The maximum absolute atomic E-state index is 10.6. The van der Waals surface area contributed by atoms with E-state index in [9.17, 15) is 4.79 Å². The molecule has 3 N–H and O–H groups in total. The highest BCUT2D eigenvalue weighted by molar-refractivity contribution is 7.10. The van der Waals surface area contributed by atoms with Gasteiger partial charge in [0, 0.05) is 15.9 Å². The fourth-order valence-electron chi connectivity index (χ4n) is 1.66. The molecule has 0 fully saturated rings. The molecule has 1 aromatic carbocycles. The number of thiophene rings is 1. The fraction of sp³-hybridized carbons (Fsp3) is 0.154. The maximum Gasteiger partial charge on any atom is 0.305 e. The van der Waals surface area contributed by atoms with Crippen LogP contribution < -0.4 is 5.73 Å². The molecule has 0 radical (unpaired) electrons. The first-order valence-electron chi connectivity index (χ1n) is 5.38. The number of halogens is 1. The predicted octanol–water partition coefficient (Wildman–Crippen LogP) is 3.54. The maximum atomic E-state index is 10.6. The van der Waals surface area contributed by atoms with Crippen LogP contribution in [0, 0.1) is 0 Å². The van der Waals surface area contributed by atoms with Crippen LogP contribution in [0.2, 0.25) is 5.02 Å². The molecule has 0 aliphatic rings. The molecule has 18 heavy (non-hydrogen) atoms. The number of hydrogen-bond acceptors (Lipinski definition) is 3. The van der Waals surface area contributed by atoms with Crippen LogP contribution in [0.5, 0.6) is 0 Å². The van der Waals surface area contributed by atoms with Crippen LogP contribution >= 0.6 is 22.9 Å². The van der Waals surface area contributed by atoms with Crippen LogP contribution in [0.1, 0.15) is 17.3 Å². The molecular weight excluding hydrogens is 270 g/mol. The monoisotopic (exact) mass is 281 g/mol. The van der Waals surface area contributed by atoms with Gasteiger partial charge in [0.25, 0.3) is 0 Å². The van der Waals surface area contributed by atoms with E-state index in [-0.39, 0.29) is 6.42 Å². The molecule has 1 heterocycles. The minimum Gasteiger partial charge on any atom is -0.481 e. The van der Waals surface area contributed by atoms with Gasteiger partial charge in [0.05, 0.1) is 6.42 Å². The average Bonchev–Trinajstić information content (AvgIpc) is 2.77. The third-order valence-electron chi connectivity index (χ3n) is 2.54. The minimum absolute atomic E-state index is 0.0600. The second kappa shape index (κ2) is 5.52. The van der Waals surface area contributed by atoms with Crippen molar-refractivity contribution >= 4 is 28.9 Å². The van der Waals surface area contributed by atoms with Gasteiger partial charge in [-0.3, -0.25) is 4.79 Å². The predicted molar refractivity (Wildman–Crippen MR) is 73.9 cm³/mol. The molecule has 0 bridgehead atoms. The van der Waals surface area contributed by atoms with Crippen molar-refractivity contribution in [3.8, 4) is 11.1 Å². The minimum atomic E-state index is -0.889. The van der Waals surface area contributed by atoms with Gasteiger partial charge < -0.3 is 10.8 Å². The summed E-state index contributed by atoms with van der Waals surface area (Å²) in [5.74, 6) is -0.889. The van der Waals surface area contributed by atoms with Gasteiger partial charge in [-0.15, -0.1) is 11.3 Å². The number of benzene rings is 1. The molecule has 0 aliphatic carbocycles. The van der Waals surface area contributed by atoms with Crippen molar-refractivity contribution in [3.05, 3.63) is 45.6 Å². The zero-order valence-corrected chi connectivity index (χ0v) is 11.0. The van der Waals surface area contributed by atoms with Crippen molar-refractivity contribution in [2.75, 3.05) is 0 Å². The molecule has 0 saturated carbocycles. The van der Waals surface area contributed by atoms with Crippen molar-refractivity contribution in [3.63, 3.8) is 0 Å². The van der Waals surface area contributed by atoms with Crippen molar-refractivity contribution in [1.29, 1.82) is 0 Å². The van der Waals surface area contributed by atoms with E-state index in [1.165, 1.54) is 11.3 Å². The lowest BCUT2D eigenvalue weighted by Crippen LogP contribution is -2.13. The summed E-state index contributed by atoms with van der Waals surface area (Å²) in [5, 5.41) is 11.3. The lowest BCUT2D eigenvalue weighted by molar-refractivity contribution is -0.137. The molecular formula is C13H12ClNO2S. The second-order valence-electron chi connectivity index (χ2n) is 3.95. The van der Waals surface area contributed by atoms with Crippen LogP contribution in [0.25, 0.3) is 11.1 Å². The number of nitrogens with two attached hydrogens (primary N) is 1. The molecule has 0 spiro atoms. The Bertz CT molecular complexity index is 568. The number of carboxylic acids is 1. The van der Waals surface area contributed by atoms with Gasteiger partial charge >= 0.3 is 5.97 Å². The number of rotatable bonds is 4. The molecule has 0 saturated heterocycles. The largest absolute Gasteiger partial charge is 0.481 e. The lowest BCUT2D eigenvalue weighted by Gasteiger charge is -2.04. The second-order valence-corrected chi connectivity index (χ2v) is 5.33. The van der Waals surface area contributed by atoms with E-state index in [1.807, 2.05) is 35.7 Å². The first-order valence-corrected chi connectivity index (χ1v) is 6.64. The van der Waals surface area contributed by atoms with Gasteiger partial charge in [0.2, 0.25) is 0 Å². The van der Waals surface area contributed by atoms with Crippen LogP contribution in [0.15, 0.2) is 35.7 Å². The Kier molecular flexibility index (Phi) is 4.01. The summed E-state index contributed by atoms with van der Waals surface area (Å²) in [4.78, 5) is 11.5. The topological polar surface area (TPSA) is 63.3 Å².